The molecule has 0 bridgehead atoms. The normalized spacial score (nSPS) is 20.6. The molecule has 1 aliphatic carbocycles. The van der Waals surface area contributed by atoms with Crippen molar-refractivity contribution in [2.45, 2.75) is 57.7 Å². The summed E-state index contributed by atoms with van der Waals surface area (Å²) in [5.41, 5.74) is 2.02. The Kier molecular flexibility index (Phi) is 5.94. The van der Waals surface area contributed by atoms with Crippen LogP contribution >= 0.6 is 0 Å². The summed E-state index contributed by atoms with van der Waals surface area (Å²) in [5, 5.41) is 5.95. The van der Waals surface area contributed by atoms with Crippen LogP contribution < -0.4 is 10.6 Å². The van der Waals surface area contributed by atoms with Crippen LogP contribution in [0.25, 0.3) is 5.69 Å². The summed E-state index contributed by atoms with van der Waals surface area (Å²) >= 11 is 0. The first-order chi connectivity index (χ1) is 14.1. The zero-order valence-electron chi connectivity index (χ0n) is 16.9. The van der Waals surface area contributed by atoms with Crippen molar-refractivity contribution in [3.05, 3.63) is 48.0 Å². The number of nitrogens with one attached hydrogen (secondary N) is 2. The molecule has 4 rings (SSSR count). The van der Waals surface area contributed by atoms with Gasteiger partial charge in [-0.25, -0.2) is 4.98 Å². The van der Waals surface area contributed by atoms with Crippen molar-refractivity contribution in [3.63, 3.8) is 0 Å². The fraction of sp³-hybridized carbons (Fsp3) is 0.500. The van der Waals surface area contributed by atoms with Crippen LogP contribution in [-0.4, -0.2) is 51.4 Å². The van der Waals surface area contributed by atoms with E-state index in [9.17, 15) is 9.59 Å². The molecular formula is C22H29N5O2. The fourth-order valence-electron chi connectivity index (χ4n) is 4.58. The maximum absolute atomic E-state index is 12.7. The Labute approximate surface area is 171 Å². The topological polar surface area (TPSA) is 79.3 Å². The average Bonchev–Trinajstić information content (AvgIpc) is 3.40. The molecule has 2 aliphatic rings. The highest BCUT2D eigenvalue weighted by Crippen LogP contribution is 2.27. The van der Waals surface area contributed by atoms with E-state index in [1.54, 1.807) is 6.20 Å². The lowest BCUT2D eigenvalue weighted by Gasteiger charge is -2.38. The molecule has 0 spiro atoms. The van der Waals surface area contributed by atoms with Crippen LogP contribution in [-0.2, 0) is 16.1 Å². The second-order valence-electron chi connectivity index (χ2n) is 7.94. The molecule has 1 atom stereocenters. The molecule has 1 saturated carbocycles. The first-order valence-corrected chi connectivity index (χ1v) is 10.5. The number of para-hydroxylation sites is 1. The number of carbonyl (C=O) groups is 2. The van der Waals surface area contributed by atoms with E-state index in [2.05, 4.69) is 20.5 Å². The highest BCUT2D eigenvalue weighted by atomic mass is 16.2. The van der Waals surface area contributed by atoms with Crippen LogP contribution in [0.2, 0.25) is 0 Å². The Hall–Kier alpha value is -2.67. The minimum Gasteiger partial charge on any atom is -0.353 e. The van der Waals surface area contributed by atoms with Crippen LogP contribution in [0.3, 0.4) is 0 Å². The smallest absolute Gasteiger partial charge is 0.237 e. The van der Waals surface area contributed by atoms with E-state index < -0.39 is 0 Å². The lowest BCUT2D eigenvalue weighted by atomic mass is 10.0. The van der Waals surface area contributed by atoms with Gasteiger partial charge < -0.3 is 15.2 Å². The average molecular weight is 396 g/mol. The van der Waals surface area contributed by atoms with Crippen LogP contribution in [0.5, 0.6) is 0 Å². The molecule has 1 unspecified atom stereocenters. The van der Waals surface area contributed by atoms with Gasteiger partial charge in [-0.3, -0.25) is 14.5 Å². The maximum Gasteiger partial charge on any atom is 0.237 e. The number of aromatic nitrogens is 2. The summed E-state index contributed by atoms with van der Waals surface area (Å²) in [6.45, 7) is 3.88. The molecule has 1 aromatic carbocycles. The van der Waals surface area contributed by atoms with Gasteiger partial charge in [0.1, 0.15) is 5.82 Å². The van der Waals surface area contributed by atoms with E-state index in [0.717, 1.165) is 36.5 Å². The molecule has 1 aliphatic heterocycles. The van der Waals surface area contributed by atoms with Crippen molar-refractivity contribution in [3.8, 4) is 5.69 Å². The van der Waals surface area contributed by atoms with E-state index in [1.807, 2.05) is 42.0 Å². The summed E-state index contributed by atoms with van der Waals surface area (Å²) < 4.78 is 2.01. The number of amides is 2. The van der Waals surface area contributed by atoms with Crippen LogP contribution in [0.1, 0.15) is 43.5 Å². The largest absolute Gasteiger partial charge is 0.353 e. The van der Waals surface area contributed by atoms with Gasteiger partial charge in [-0.1, -0.05) is 31.0 Å². The van der Waals surface area contributed by atoms with Gasteiger partial charge in [0, 0.05) is 38.1 Å². The number of aryl methyl sites for hydroxylation is 1. The highest BCUT2D eigenvalue weighted by Gasteiger charge is 2.36. The monoisotopic (exact) mass is 395 g/mol. The van der Waals surface area contributed by atoms with Gasteiger partial charge in [0.25, 0.3) is 0 Å². The van der Waals surface area contributed by atoms with Crippen molar-refractivity contribution >= 4 is 11.8 Å². The van der Waals surface area contributed by atoms with E-state index in [4.69, 9.17) is 0 Å². The highest BCUT2D eigenvalue weighted by molar-refractivity contribution is 5.88. The third kappa shape index (κ3) is 4.34. The molecule has 2 heterocycles. The molecule has 1 aromatic heterocycles. The number of benzene rings is 1. The number of hydrogen-bond acceptors (Lipinski definition) is 4. The standard InChI is InChI=1S/C22H29N5O2/c1-16-23-10-12-26(16)19-9-5-2-6-17(19)15-25-21(28)14-20-22(29)24-11-13-27(20)18-7-3-4-8-18/h2,5-6,9-10,12,18,20H,3-4,7-8,11,13-15H2,1H3,(H,24,29)(H,25,28). The summed E-state index contributed by atoms with van der Waals surface area (Å²) in [4.78, 5) is 31.7. The second kappa shape index (κ2) is 8.78. The van der Waals surface area contributed by atoms with Crippen molar-refractivity contribution in [2.24, 2.45) is 0 Å². The van der Waals surface area contributed by atoms with Gasteiger partial charge in [0.15, 0.2) is 0 Å². The van der Waals surface area contributed by atoms with E-state index in [0.29, 0.717) is 19.1 Å². The Bertz CT molecular complexity index is 872. The van der Waals surface area contributed by atoms with Crippen molar-refractivity contribution < 1.29 is 9.59 Å². The molecule has 154 valence electrons. The summed E-state index contributed by atoms with van der Waals surface area (Å²) in [5.74, 6) is 0.787. The van der Waals surface area contributed by atoms with E-state index in [1.165, 1.54) is 12.8 Å². The Balaban J connectivity index is 1.41. The van der Waals surface area contributed by atoms with Crippen molar-refractivity contribution in [2.75, 3.05) is 13.1 Å². The van der Waals surface area contributed by atoms with Crippen molar-refractivity contribution in [1.82, 2.24) is 25.1 Å². The van der Waals surface area contributed by atoms with Crippen LogP contribution in [0.15, 0.2) is 36.7 Å². The fourth-order valence-corrected chi connectivity index (χ4v) is 4.58. The summed E-state index contributed by atoms with van der Waals surface area (Å²) in [6.07, 6.45) is 8.57. The van der Waals surface area contributed by atoms with Gasteiger partial charge in [-0.15, -0.1) is 0 Å². The maximum atomic E-state index is 12.7. The Morgan fingerprint density at radius 3 is 2.83 bits per heavy atom. The lowest BCUT2D eigenvalue weighted by Crippen LogP contribution is -2.59. The first kappa shape index (κ1) is 19.6. The molecule has 2 amide bonds. The molecular weight excluding hydrogens is 366 g/mol. The second-order valence-corrected chi connectivity index (χ2v) is 7.94. The SMILES string of the molecule is Cc1nccn1-c1ccccc1CNC(=O)CC1C(=O)NCCN1C1CCCC1. The molecule has 2 aromatic rings. The first-order valence-electron chi connectivity index (χ1n) is 10.5. The molecule has 2 fully saturated rings. The lowest BCUT2D eigenvalue weighted by molar-refractivity contribution is -0.135. The van der Waals surface area contributed by atoms with Gasteiger partial charge in [-0.2, -0.15) is 0 Å². The number of carbonyl (C=O) groups excluding carboxylic acids is 2. The minimum absolute atomic E-state index is 0.0206. The molecule has 7 heteroatoms. The van der Waals surface area contributed by atoms with Crippen LogP contribution in [0, 0.1) is 6.92 Å². The number of imidazole rings is 1. The van der Waals surface area contributed by atoms with Gasteiger partial charge >= 0.3 is 0 Å². The quantitative estimate of drug-likeness (QED) is 0.783. The predicted octanol–water partition coefficient (Wildman–Crippen LogP) is 1.93. The van der Waals surface area contributed by atoms with E-state index in [-0.39, 0.29) is 24.3 Å². The predicted molar refractivity (Wildman–Crippen MR) is 111 cm³/mol. The summed E-state index contributed by atoms with van der Waals surface area (Å²) in [7, 11) is 0. The Morgan fingerprint density at radius 2 is 2.07 bits per heavy atom. The van der Waals surface area contributed by atoms with Crippen molar-refractivity contribution in [1.29, 1.82) is 0 Å². The Morgan fingerprint density at radius 1 is 1.28 bits per heavy atom. The molecule has 2 N–H and O–H groups in total. The number of piperazine rings is 1. The summed E-state index contributed by atoms with van der Waals surface area (Å²) in [6, 6.07) is 8.04. The van der Waals surface area contributed by atoms with Gasteiger partial charge in [-0.05, 0) is 31.4 Å². The molecule has 29 heavy (non-hydrogen) atoms. The third-order valence-corrected chi connectivity index (χ3v) is 6.10. The number of rotatable bonds is 6. The molecule has 0 radical (unpaired) electrons. The molecule has 7 nitrogen and oxygen atoms in total. The zero-order valence-corrected chi connectivity index (χ0v) is 16.9. The number of nitrogens with zero attached hydrogens (tertiary/aromatic N) is 3. The minimum atomic E-state index is -0.363. The molecule has 1 saturated heterocycles. The van der Waals surface area contributed by atoms with Crippen LogP contribution in [0.4, 0.5) is 0 Å². The third-order valence-electron chi connectivity index (χ3n) is 6.10. The zero-order chi connectivity index (χ0) is 20.2. The number of hydrogen-bond donors (Lipinski definition) is 2. The van der Waals surface area contributed by atoms with E-state index >= 15 is 0 Å². The van der Waals surface area contributed by atoms with Gasteiger partial charge in [0.2, 0.25) is 11.8 Å². The van der Waals surface area contributed by atoms with Gasteiger partial charge in [0.05, 0.1) is 18.2 Å².